The lowest BCUT2D eigenvalue weighted by Gasteiger charge is -2.28. The number of hydrogen-bond donors (Lipinski definition) is 0. The molecule has 0 N–H and O–H groups in total. The second-order valence-electron chi connectivity index (χ2n) is 6.08. The molecule has 0 radical (unpaired) electrons. The predicted octanol–water partition coefficient (Wildman–Crippen LogP) is 3.64. The predicted molar refractivity (Wildman–Crippen MR) is 85.9 cm³/mol. The van der Waals surface area contributed by atoms with E-state index >= 15 is 0 Å². The molecule has 0 fully saturated rings. The van der Waals surface area contributed by atoms with E-state index in [-0.39, 0.29) is 5.60 Å². The molecule has 2 atom stereocenters. The highest BCUT2D eigenvalue weighted by atomic mass is 16.5. The van der Waals surface area contributed by atoms with Gasteiger partial charge in [-0.2, -0.15) is 0 Å². The zero-order valence-corrected chi connectivity index (χ0v) is 14.3. The summed E-state index contributed by atoms with van der Waals surface area (Å²) in [6.45, 7) is 11.2. The molecule has 0 aromatic rings. The molecule has 3 nitrogen and oxygen atoms in total. The van der Waals surface area contributed by atoms with Crippen molar-refractivity contribution >= 4 is 5.97 Å². The number of carbonyl (C=O) groups is 1. The van der Waals surface area contributed by atoms with Crippen molar-refractivity contribution in [3.8, 4) is 0 Å². The second-order valence-corrected chi connectivity index (χ2v) is 6.08. The monoisotopic (exact) mass is 295 g/mol. The van der Waals surface area contributed by atoms with Gasteiger partial charge in [-0.1, -0.05) is 38.8 Å². The van der Waals surface area contributed by atoms with Gasteiger partial charge in [0.25, 0.3) is 0 Å². The van der Waals surface area contributed by atoms with E-state index in [0.29, 0.717) is 5.92 Å². The maximum Gasteiger partial charge on any atom is 0.0651 e. The number of carbonyl (C=O) groups excluding carboxylic acids is 1. The van der Waals surface area contributed by atoms with E-state index in [1.807, 2.05) is 19.1 Å². The Hall–Kier alpha value is -1.09. The van der Waals surface area contributed by atoms with Gasteiger partial charge in [-0.3, -0.25) is 0 Å². The van der Waals surface area contributed by atoms with E-state index < -0.39 is 5.97 Å². The highest BCUT2D eigenvalue weighted by Gasteiger charge is 2.21. The largest absolute Gasteiger partial charge is 0.545 e. The van der Waals surface area contributed by atoms with E-state index in [9.17, 15) is 9.90 Å². The van der Waals surface area contributed by atoms with E-state index in [2.05, 4.69) is 20.8 Å². The lowest BCUT2D eigenvalue weighted by molar-refractivity contribution is -0.297. The summed E-state index contributed by atoms with van der Waals surface area (Å²) in [6, 6.07) is 0. The van der Waals surface area contributed by atoms with Gasteiger partial charge in [0.05, 0.1) is 11.6 Å². The number of rotatable bonds is 11. The third-order valence-electron chi connectivity index (χ3n) is 3.91. The fourth-order valence-electron chi connectivity index (χ4n) is 2.36. The molecule has 0 aliphatic rings. The first-order valence-corrected chi connectivity index (χ1v) is 8.02. The fraction of sp³-hybridized carbons (Fsp3) is 0.722. The lowest BCUT2D eigenvalue weighted by Crippen LogP contribution is -2.27. The summed E-state index contributed by atoms with van der Waals surface area (Å²) in [7, 11) is 0. The molecule has 0 heterocycles. The summed E-state index contributed by atoms with van der Waals surface area (Å²) < 4.78 is 5.83. The summed E-state index contributed by atoms with van der Waals surface area (Å²) in [5.41, 5.74) is 0.732. The number of hydrogen-bond acceptors (Lipinski definition) is 3. The Kier molecular flexibility index (Phi) is 10.1. The lowest BCUT2D eigenvalue weighted by atomic mass is 9.92. The molecule has 122 valence electrons. The summed E-state index contributed by atoms with van der Waals surface area (Å²) in [4.78, 5) is 10.4. The SMILES string of the molecule is CCOC(C)(CC)CCCC(C)C/C=C/C(C)=C/C(=O)[O-]. The highest BCUT2D eigenvalue weighted by Crippen LogP contribution is 2.24. The van der Waals surface area contributed by atoms with Crippen molar-refractivity contribution in [2.75, 3.05) is 6.61 Å². The zero-order chi connectivity index (χ0) is 16.3. The van der Waals surface area contributed by atoms with Gasteiger partial charge in [0, 0.05) is 6.61 Å². The molecule has 0 aromatic heterocycles. The minimum Gasteiger partial charge on any atom is -0.545 e. The van der Waals surface area contributed by atoms with Crippen LogP contribution < -0.4 is 5.11 Å². The van der Waals surface area contributed by atoms with Gasteiger partial charge in [-0.05, 0) is 57.6 Å². The molecule has 0 spiro atoms. The van der Waals surface area contributed by atoms with Crippen LogP contribution in [0.2, 0.25) is 0 Å². The smallest absolute Gasteiger partial charge is 0.0651 e. The molecule has 0 saturated carbocycles. The maximum absolute atomic E-state index is 10.4. The number of aliphatic carboxylic acids is 1. The van der Waals surface area contributed by atoms with Crippen molar-refractivity contribution in [1.82, 2.24) is 0 Å². The molecule has 0 aromatic carbocycles. The molecule has 0 rings (SSSR count). The van der Waals surface area contributed by atoms with Crippen LogP contribution in [0.3, 0.4) is 0 Å². The summed E-state index contributed by atoms with van der Waals surface area (Å²) in [5.74, 6) is -0.542. The molecule has 21 heavy (non-hydrogen) atoms. The van der Waals surface area contributed by atoms with Crippen LogP contribution in [0, 0.1) is 5.92 Å². The number of ether oxygens (including phenoxy) is 1. The van der Waals surface area contributed by atoms with Crippen LogP contribution in [0.5, 0.6) is 0 Å². The quantitative estimate of drug-likeness (QED) is 0.432. The molecule has 0 bridgehead atoms. The van der Waals surface area contributed by atoms with E-state index in [4.69, 9.17) is 4.74 Å². The van der Waals surface area contributed by atoms with Crippen LogP contribution in [0.1, 0.15) is 66.7 Å². The molecule has 0 saturated heterocycles. The molecular formula is C18H31O3-. The van der Waals surface area contributed by atoms with E-state index in [1.54, 1.807) is 6.92 Å². The first-order valence-electron chi connectivity index (χ1n) is 8.02. The minimum atomic E-state index is -1.14. The van der Waals surface area contributed by atoms with E-state index in [0.717, 1.165) is 50.4 Å². The van der Waals surface area contributed by atoms with Gasteiger partial charge in [0.15, 0.2) is 0 Å². The topological polar surface area (TPSA) is 49.4 Å². The Morgan fingerprint density at radius 1 is 1.38 bits per heavy atom. The molecule has 0 aliphatic carbocycles. The number of allylic oxidation sites excluding steroid dienone is 3. The molecule has 3 heteroatoms. The maximum atomic E-state index is 10.4. The summed E-state index contributed by atoms with van der Waals surface area (Å²) >= 11 is 0. The van der Waals surface area contributed by atoms with Gasteiger partial charge in [0.2, 0.25) is 0 Å². The average molecular weight is 295 g/mol. The molecule has 2 unspecified atom stereocenters. The van der Waals surface area contributed by atoms with Gasteiger partial charge < -0.3 is 14.6 Å². The van der Waals surface area contributed by atoms with Crippen molar-refractivity contribution in [2.24, 2.45) is 5.92 Å². The van der Waals surface area contributed by atoms with Gasteiger partial charge in [-0.25, -0.2) is 0 Å². The molecular weight excluding hydrogens is 264 g/mol. The Bertz CT molecular complexity index is 357. The Morgan fingerprint density at radius 2 is 2.05 bits per heavy atom. The van der Waals surface area contributed by atoms with E-state index in [1.165, 1.54) is 0 Å². The van der Waals surface area contributed by atoms with Gasteiger partial charge in [0.1, 0.15) is 0 Å². The molecule has 0 amide bonds. The summed E-state index contributed by atoms with van der Waals surface area (Å²) in [6.07, 6.45) is 10.4. The van der Waals surface area contributed by atoms with Crippen LogP contribution in [0.15, 0.2) is 23.8 Å². The van der Waals surface area contributed by atoms with Crippen LogP contribution in [-0.4, -0.2) is 18.2 Å². The third-order valence-corrected chi connectivity index (χ3v) is 3.91. The minimum absolute atomic E-state index is 0.0120. The first kappa shape index (κ1) is 19.9. The van der Waals surface area contributed by atoms with Crippen LogP contribution in [0.4, 0.5) is 0 Å². The van der Waals surface area contributed by atoms with Crippen molar-refractivity contribution in [1.29, 1.82) is 0 Å². The van der Waals surface area contributed by atoms with Crippen LogP contribution in [-0.2, 0) is 9.53 Å². The van der Waals surface area contributed by atoms with Crippen molar-refractivity contribution in [3.05, 3.63) is 23.8 Å². The molecule has 0 aliphatic heterocycles. The van der Waals surface area contributed by atoms with Crippen LogP contribution >= 0.6 is 0 Å². The Balaban J connectivity index is 4.03. The zero-order valence-electron chi connectivity index (χ0n) is 14.3. The van der Waals surface area contributed by atoms with Crippen LogP contribution in [0.25, 0.3) is 0 Å². The normalized spacial score (nSPS) is 16.9. The number of carboxylic acids is 1. The second kappa shape index (κ2) is 10.6. The number of carboxylic acid groups (broad SMARTS) is 1. The van der Waals surface area contributed by atoms with Crippen molar-refractivity contribution in [3.63, 3.8) is 0 Å². The first-order chi connectivity index (χ1) is 9.83. The van der Waals surface area contributed by atoms with Gasteiger partial charge >= 0.3 is 0 Å². The van der Waals surface area contributed by atoms with Crippen molar-refractivity contribution < 1.29 is 14.6 Å². The third kappa shape index (κ3) is 10.3. The fourth-order valence-corrected chi connectivity index (χ4v) is 2.36. The summed E-state index contributed by atoms with van der Waals surface area (Å²) in [5, 5.41) is 10.4. The highest BCUT2D eigenvalue weighted by molar-refractivity contribution is 5.79. The Labute approximate surface area is 130 Å². The Morgan fingerprint density at radius 3 is 2.57 bits per heavy atom. The van der Waals surface area contributed by atoms with Crippen molar-refractivity contribution in [2.45, 2.75) is 72.3 Å². The average Bonchev–Trinajstić information content (AvgIpc) is 2.38. The van der Waals surface area contributed by atoms with Gasteiger partial charge in [-0.15, -0.1) is 0 Å². The standard InChI is InChI=1S/C18H32O3/c1-6-18(5,21-7-2)13-9-12-15(3)10-8-11-16(4)14-17(19)20/h8,11,14-15H,6-7,9-10,12-13H2,1-5H3,(H,19,20)/p-1/b11-8+,16-14+.